The largest absolute Gasteiger partial charge is 0.464 e. The molecule has 1 heterocycles. The number of aliphatic imine (C=N–C) groups is 1. The van der Waals surface area contributed by atoms with Crippen molar-refractivity contribution in [3.8, 4) is 0 Å². The van der Waals surface area contributed by atoms with Gasteiger partial charge in [0.2, 0.25) is 0 Å². The lowest BCUT2D eigenvalue weighted by molar-refractivity contribution is -0.141. The fourth-order valence-electron chi connectivity index (χ4n) is 2.59. The quantitative estimate of drug-likeness (QED) is 0.772. The van der Waals surface area contributed by atoms with Crippen LogP contribution in [0.4, 0.5) is 5.69 Å². The van der Waals surface area contributed by atoms with E-state index in [1.165, 1.54) is 6.92 Å². The smallest absolute Gasteiger partial charge is 0.302 e. The molecule has 4 nitrogen and oxygen atoms in total. The number of hydrogen-bond acceptors (Lipinski definition) is 4. The standard InChI is InChI=1S/C18H16BrClN2O2/c1-11(23)24-10-13-9-21-18(14-4-2-3-5-16(14)20)15-8-12(19)6-7-17(15)22-13/h2-8,13,22H,9-10H2,1H3. The number of fused-ring (bicyclic) bond motifs is 1. The van der Waals surface area contributed by atoms with Crippen LogP contribution in [0.1, 0.15) is 18.1 Å². The fraction of sp³-hybridized carbons (Fsp3) is 0.222. The van der Waals surface area contributed by atoms with Gasteiger partial charge in [0.15, 0.2) is 0 Å². The Morgan fingerprint density at radius 2 is 2.12 bits per heavy atom. The predicted molar refractivity (Wildman–Crippen MR) is 100 cm³/mol. The summed E-state index contributed by atoms with van der Waals surface area (Å²) in [6.45, 7) is 2.16. The lowest BCUT2D eigenvalue weighted by atomic mass is 10.0. The zero-order valence-corrected chi connectivity index (χ0v) is 15.4. The molecule has 3 rings (SSSR count). The third-order valence-electron chi connectivity index (χ3n) is 3.68. The number of benzodiazepines with no additional fused rings is 1. The van der Waals surface area contributed by atoms with Gasteiger partial charge in [-0.05, 0) is 24.3 Å². The summed E-state index contributed by atoms with van der Waals surface area (Å²) in [6, 6.07) is 13.5. The molecule has 124 valence electrons. The first-order chi connectivity index (χ1) is 11.5. The summed E-state index contributed by atoms with van der Waals surface area (Å²) in [5, 5.41) is 4.06. The van der Waals surface area contributed by atoms with E-state index >= 15 is 0 Å². The van der Waals surface area contributed by atoms with Gasteiger partial charge in [-0.15, -0.1) is 0 Å². The maximum absolute atomic E-state index is 11.1. The molecule has 1 aliphatic rings. The molecule has 0 spiro atoms. The van der Waals surface area contributed by atoms with E-state index in [1.807, 2.05) is 42.5 Å². The van der Waals surface area contributed by atoms with Crippen LogP contribution >= 0.6 is 27.5 Å². The van der Waals surface area contributed by atoms with Crippen LogP contribution in [-0.4, -0.2) is 30.9 Å². The predicted octanol–water partition coefficient (Wildman–Crippen LogP) is 4.30. The Bertz CT molecular complexity index is 807. The molecule has 1 N–H and O–H groups in total. The molecule has 0 radical (unpaired) electrons. The second kappa shape index (κ2) is 7.36. The number of benzene rings is 2. The summed E-state index contributed by atoms with van der Waals surface area (Å²) in [7, 11) is 0. The maximum Gasteiger partial charge on any atom is 0.302 e. The number of nitrogens with zero attached hydrogens (tertiary/aromatic N) is 1. The zero-order valence-electron chi connectivity index (χ0n) is 13.1. The Morgan fingerprint density at radius 3 is 2.88 bits per heavy atom. The molecule has 0 amide bonds. The van der Waals surface area contributed by atoms with E-state index in [1.54, 1.807) is 0 Å². The van der Waals surface area contributed by atoms with Crippen LogP contribution in [0.5, 0.6) is 0 Å². The molecule has 0 aliphatic carbocycles. The van der Waals surface area contributed by atoms with Crippen molar-refractivity contribution in [2.24, 2.45) is 4.99 Å². The van der Waals surface area contributed by atoms with Crippen molar-refractivity contribution in [3.63, 3.8) is 0 Å². The molecule has 24 heavy (non-hydrogen) atoms. The summed E-state index contributed by atoms with van der Waals surface area (Å²) in [6.07, 6.45) is 0. The molecule has 1 unspecified atom stereocenters. The first-order valence-corrected chi connectivity index (χ1v) is 8.71. The van der Waals surface area contributed by atoms with Gasteiger partial charge in [0.25, 0.3) is 0 Å². The van der Waals surface area contributed by atoms with Crippen molar-refractivity contribution in [1.82, 2.24) is 0 Å². The Labute approximate surface area is 154 Å². The van der Waals surface area contributed by atoms with Gasteiger partial charge in [0.1, 0.15) is 6.61 Å². The Morgan fingerprint density at radius 1 is 1.33 bits per heavy atom. The molecule has 0 aromatic heterocycles. The number of ether oxygens (including phenoxy) is 1. The molecule has 0 fully saturated rings. The number of hydrogen-bond donors (Lipinski definition) is 1. The average molecular weight is 408 g/mol. The van der Waals surface area contributed by atoms with Crippen molar-refractivity contribution in [1.29, 1.82) is 0 Å². The lowest BCUT2D eigenvalue weighted by Crippen LogP contribution is -2.29. The number of rotatable bonds is 3. The maximum atomic E-state index is 11.1. The van der Waals surface area contributed by atoms with Gasteiger partial charge in [-0.1, -0.05) is 45.7 Å². The van der Waals surface area contributed by atoms with Gasteiger partial charge in [-0.3, -0.25) is 9.79 Å². The molecule has 2 aromatic rings. The van der Waals surface area contributed by atoms with E-state index in [0.717, 1.165) is 27.0 Å². The van der Waals surface area contributed by atoms with E-state index < -0.39 is 0 Å². The van der Waals surface area contributed by atoms with E-state index in [2.05, 4.69) is 21.2 Å². The molecule has 1 aliphatic heterocycles. The van der Waals surface area contributed by atoms with Crippen LogP contribution in [0.2, 0.25) is 5.02 Å². The minimum absolute atomic E-state index is 0.0891. The van der Waals surface area contributed by atoms with E-state index in [4.69, 9.17) is 21.3 Å². The summed E-state index contributed by atoms with van der Waals surface area (Å²) in [4.78, 5) is 15.8. The Kier molecular flexibility index (Phi) is 5.21. The minimum atomic E-state index is -0.299. The van der Waals surface area contributed by atoms with Gasteiger partial charge in [0, 0.05) is 33.2 Å². The highest BCUT2D eigenvalue weighted by atomic mass is 79.9. The van der Waals surface area contributed by atoms with Crippen molar-refractivity contribution in [2.45, 2.75) is 13.0 Å². The highest BCUT2D eigenvalue weighted by molar-refractivity contribution is 9.10. The van der Waals surface area contributed by atoms with Gasteiger partial charge < -0.3 is 10.1 Å². The molecular formula is C18H16BrClN2O2. The highest BCUT2D eigenvalue weighted by Gasteiger charge is 2.21. The SMILES string of the molecule is CC(=O)OCC1CN=C(c2ccccc2Cl)c2cc(Br)ccc2N1. The first-order valence-electron chi connectivity index (χ1n) is 7.54. The molecule has 2 aromatic carbocycles. The van der Waals surface area contributed by atoms with Crippen molar-refractivity contribution in [2.75, 3.05) is 18.5 Å². The summed E-state index contributed by atoms with van der Waals surface area (Å²) in [5.41, 5.74) is 3.61. The van der Waals surface area contributed by atoms with Crippen LogP contribution in [0, 0.1) is 0 Å². The molecule has 0 bridgehead atoms. The van der Waals surface area contributed by atoms with Crippen LogP contribution in [0.25, 0.3) is 0 Å². The van der Waals surface area contributed by atoms with Crippen LogP contribution < -0.4 is 5.32 Å². The van der Waals surface area contributed by atoms with E-state index in [-0.39, 0.29) is 18.6 Å². The summed E-state index contributed by atoms with van der Waals surface area (Å²) in [5.74, 6) is -0.299. The second-order valence-corrected chi connectivity index (χ2v) is 6.83. The Balaban J connectivity index is 2.03. The van der Waals surface area contributed by atoms with Crippen molar-refractivity contribution < 1.29 is 9.53 Å². The van der Waals surface area contributed by atoms with Crippen molar-refractivity contribution in [3.05, 3.63) is 63.1 Å². The first kappa shape index (κ1) is 17.0. The van der Waals surface area contributed by atoms with Gasteiger partial charge in [-0.2, -0.15) is 0 Å². The number of anilines is 1. The molecule has 0 saturated heterocycles. The molecule has 1 atom stereocenters. The molecule has 0 saturated carbocycles. The molecular weight excluding hydrogens is 392 g/mol. The lowest BCUT2D eigenvalue weighted by Gasteiger charge is -2.17. The normalized spacial score (nSPS) is 16.5. The number of halogens is 2. The van der Waals surface area contributed by atoms with E-state index in [9.17, 15) is 4.79 Å². The van der Waals surface area contributed by atoms with Crippen LogP contribution in [-0.2, 0) is 9.53 Å². The Hall–Kier alpha value is -1.85. The second-order valence-electron chi connectivity index (χ2n) is 5.50. The minimum Gasteiger partial charge on any atom is -0.464 e. The molecule has 6 heteroatoms. The number of nitrogens with one attached hydrogen (secondary N) is 1. The third kappa shape index (κ3) is 3.79. The monoisotopic (exact) mass is 406 g/mol. The average Bonchev–Trinajstić information content (AvgIpc) is 2.72. The highest BCUT2D eigenvalue weighted by Crippen LogP contribution is 2.29. The van der Waals surface area contributed by atoms with E-state index in [0.29, 0.717) is 11.6 Å². The van der Waals surface area contributed by atoms with Gasteiger partial charge in [0.05, 0.1) is 18.3 Å². The number of carbonyl (C=O) groups excluding carboxylic acids is 1. The topological polar surface area (TPSA) is 50.7 Å². The summed E-state index contributed by atoms with van der Waals surface area (Å²) >= 11 is 9.89. The number of carbonyl (C=O) groups is 1. The van der Waals surface area contributed by atoms with Crippen LogP contribution in [0.15, 0.2) is 51.9 Å². The fourth-order valence-corrected chi connectivity index (χ4v) is 3.17. The van der Waals surface area contributed by atoms with Gasteiger partial charge in [-0.25, -0.2) is 0 Å². The van der Waals surface area contributed by atoms with Crippen molar-refractivity contribution >= 4 is 44.9 Å². The van der Waals surface area contributed by atoms with Gasteiger partial charge >= 0.3 is 5.97 Å². The number of esters is 1. The zero-order chi connectivity index (χ0) is 17.1. The summed E-state index contributed by atoms with van der Waals surface area (Å²) < 4.78 is 6.09. The van der Waals surface area contributed by atoms with Crippen LogP contribution in [0.3, 0.4) is 0 Å². The third-order valence-corrected chi connectivity index (χ3v) is 4.51.